The van der Waals surface area contributed by atoms with E-state index in [2.05, 4.69) is 16.0 Å². The quantitative estimate of drug-likeness (QED) is 0.107. The SMILES string of the molecule is CC(NC(=O)C(CC(N)=O)NC(=O)C(CCCCN)NC(=O)C(N)CCC(=O)O)C(=O)O. The van der Waals surface area contributed by atoms with Gasteiger partial charge in [0.2, 0.25) is 23.6 Å². The van der Waals surface area contributed by atoms with Gasteiger partial charge in [-0.25, -0.2) is 0 Å². The summed E-state index contributed by atoms with van der Waals surface area (Å²) in [6.07, 6.45) is -0.0182. The zero-order valence-corrected chi connectivity index (χ0v) is 17.8. The van der Waals surface area contributed by atoms with Crippen LogP contribution in [0.15, 0.2) is 0 Å². The van der Waals surface area contributed by atoms with Crippen LogP contribution in [0.1, 0.15) is 45.4 Å². The topological polar surface area (TPSA) is 257 Å². The summed E-state index contributed by atoms with van der Waals surface area (Å²) >= 11 is 0. The number of aliphatic carboxylic acids is 2. The van der Waals surface area contributed by atoms with Gasteiger partial charge in [0.1, 0.15) is 18.1 Å². The number of carbonyl (C=O) groups is 6. The molecule has 0 aliphatic heterocycles. The minimum atomic E-state index is -1.48. The largest absolute Gasteiger partial charge is 0.481 e. The first kappa shape index (κ1) is 28.7. The van der Waals surface area contributed by atoms with Gasteiger partial charge in [0.05, 0.1) is 12.5 Å². The van der Waals surface area contributed by atoms with Crippen molar-refractivity contribution in [2.45, 2.75) is 69.6 Å². The molecule has 11 N–H and O–H groups in total. The first-order valence-corrected chi connectivity index (χ1v) is 9.98. The van der Waals surface area contributed by atoms with Crippen LogP contribution in [0.25, 0.3) is 0 Å². The van der Waals surface area contributed by atoms with Gasteiger partial charge in [-0.3, -0.25) is 28.8 Å². The lowest BCUT2D eigenvalue weighted by Crippen LogP contribution is -2.57. The number of carboxylic acids is 2. The van der Waals surface area contributed by atoms with Crippen molar-refractivity contribution in [2.75, 3.05) is 6.54 Å². The minimum absolute atomic E-state index is 0.122. The van der Waals surface area contributed by atoms with Crippen LogP contribution in [0.3, 0.4) is 0 Å². The lowest BCUT2D eigenvalue weighted by Gasteiger charge is -2.24. The molecular formula is C18H32N6O8. The molecule has 0 radical (unpaired) electrons. The Kier molecular flexibility index (Phi) is 13.2. The highest BCUT2D eigenvalue weighted by Gasteiger charge is 2.30. The highest BCUT2D eigenvalue weighted by Crippen LogP contribution is 2.05. The summed E-state index contributed by atoms with van der Waals surface area (Å²) < 4.78 is 0. The van der Waals surface area contributed by atoms with E-state index in [-0.39, 0.29) is 19.3 Å². The molecule has 182 valence electrons. The molecule has 0 aliphatic rings. The van der Waals surface area contributed by atoms with Crippen molar-refractivity contribution in [1.82, 2.24) is 16.0 Å². The van der Waals surface area contributed by atoms with Gasteiger partial charge >= 0.3 is 11.9 Å². The van der Waals surface area contributed by atoms with E-state index in [1.807, 2.05) is 0 Å². The molecule has 4 unspecified atom stereocenters. The van der Waals surface area contributed by atoms with Gasteiger partial charge in [0, 0.05) is 6.42 Å². The van der Waals surface area contributed by atoms with Crippen molar-refractivity contribution in [2.24, 2.45) is 17.2 Å². The summed E-state index contributed by atoms with van der Waals surface area (Å²) in [5, 5.41) is 24.4. The second-order valence-electron chi connectivity index (χ2n) is 7.18. The third kappa shape index (κ3) is 11.8. The van der Waals surface area contributed by atoms with E-state index in [4.69, 9.17) is 27.4 Å². The molecule has 32 heavy (non-hydrogen) atoms. The molecule has 0 aromatic rings. The van der Waals surface area contributed by atoms with E-state index in [9.17, 15) is 28.8 Å². The number of hydrogen-bond donors (Lipinski definition) is 8. The highest BCUT2D eigenvalue weighted by molar-refractivity contribution is 5.96. The number of amides is 4. The van der Waals surface area contributed by atoms with Crippen molar-refractivity contribution in [3.8, 4) is 0 Å². The van der Waals surface area contributed by atoms with Crippen LogP contribution in [0, 0.1) is 0 Å². The zero-order valence-electron chi connectivity index (χ0n) is 17.8. The smallest absolute Gasteiger partial charge is 0.325 e. The predicted octanol–water partition coefficient (Wildman–Crippen LogP) is -3.26. The number of rotatable bonds is 16. The maximum absolute atomic E-state index is 12.7. The van der Waals surface area contributed by atoms with Crippen molar-refractivity contribution in [3.05, 3.63) is 0 Å². The van der Waals surface area contributed by atoms with Crippen LogP contribution < -0.4 is 33.2 Å². The van der Waals surface area contributed by atoms with Crippen LogP contribution in [0.4, 0.5) is 0 Å². The Balaban J connectivity index is 5.35. The summed E-state index contributed by atoms with van der Waals surface area (Å²) in [7, 11) is 0. The third-order valence-corrected chi connectivity index (χ3v) is 4.35. The van der Waals surface area contributed by atoms with Gasteiger partial charge < -0.3 is 43.4 Å². The number of hydrogen-bond acceptors (Lipinski definition) is 8. The second kappa shape index (κ2) is 14.7. The molecule has 0 heterocycles. The molecule has 0 saturated carbocycles. The molecule has 4 amide bonds. The number of nitrogens with one attached hydrogen (secondary N) is 3. The van der Waals surface area contributed by atoms with Crippen molar-refractivity contribution >= 4 is 35.6 Å². The Morgan fingerprint density at radius 3 is 1.91 bits per heavy atom. The fourth-order valence-electron chi connectivity index (χ4n) is 2.51. The Bertz CT molecular complexity index is 701. The molecule has 14 nitrogen and oxygen atoms in total. The van der Waals surface area contributed by atoms with Gasteiger partial charge in [0.15, 0.2) is 0 Å². The maximum Gasteiger partial charge on any atom is 0.325 e. The molecule has 0 rings (SSSR count). The number of nitrogens with two attached hydrogens (primary N) is 3. The normalized spacial score (nSPS) is 14.3. The van der Waals surface area contributed by atoms with Gasteiger partial charge in [0.25, 0.3) is 0 Å². The van der Waals surface area contributed by atoms with E-state index < -0.39 is 66.2 Å². The Labute approximate surface area is 184 Å². The van der Waals surface area contributed by atoms with Crippen LogP contribution in [-0.4, -0.2) is 76.5 Å². The summed E-state index contributed by atoms with van der Waals surface area (Å²) in [5.74, 6) is -5.93. The number of unbranched alkanes of at least 4 members (excludes halogenated alkanes) is 1. The van der Waals surface area contributed by atoms with Crippen LogP contribution in [-0.2, 0) is 28.8 Å². The fourth-order valence-corrected chi connectivity index (χ4v) is 2.51. The summed E-state index contributed by atoms with van der Waals surface area (Å²) in [4.78, 5) is 70.2. The molecule has 0 aliphatic carbocycles. The van der Waals surface area contributed by atoms with Gasteiger partial charge in [-0.15, -0.1) is 0 Å². The standard InChI is InChI=1S/C18H32N6O8/c1-9(18(31)32)22-17(30)12(8-13(21)25)24-16(29)11(4-2-3-7-19)23-15(28)10(20)5-6-14(26)27/h9-12H,2-8,19-20H2,1H3,(H2,21,25)(H,22,30)(H,23,28)(H,24,29)(H,26,27)(H,31,32). The summed E-state index contributed by atoms with van der Waals surface area (Å²) in [6.45, 7) is 1.53. The Morgan fingerprint density at radius 2 is 1.41 bits per heavy atom. The van der Waals surface area contributed by atoms with E-state index >= 15 is 0 Å². The van der Waals surface area contributed by atoms with Gasteiger partial charge in [-0.2, -0.15) is 0 Å². The van der Waals surface area contributed by atoms with Crippen LogP contribution in [0.2, 0.25) is 0 Å². The minimum Gasteiger partial charge on any atom is -0.481 e. The molecule has 0 bridgehead atoms. The van der Waals surface area contributed by atoms with E-state index in [0.29, 0.717) is 19.4 Å². The molecule has 4 atom stereocenters. The predicted molar refractivity (Wildman–Crippen MR) is 111 cm³/mol. The number of carbonyl (C=O) groups excluding carboxylic acids is 4. The Morgan fingerprint density at radius 1 is 0.844 bits per heavy atom. The first-order chi connectivity index (χ1) is 14.9. The maximum atomic E-state index is 12.7. The number of primary amides is 1. The second-order valence-corrected chi connectivity index (χ2v) is 7.18. The third-order valence-electron chi connectivity index (χ3n) is 4.35. The monoisotopic (exact) mass is 460 g/mol. The molecule has 0 spiro atoms. The van der Waals surface area contributed by atoms with Crippen LogP contribution in [0.5, 0.6) is 0 Å². The van der Waals surface area contributed by atoms with Crippen molar-refractivity contribution in [1.29, 1.82) is 0 Å². The Hall–Kier alpha value is -3.26. The molecular weight excluding hydrogens is 428 g/mol. The average Bonchev–Trinajstić information content (AvgIpc) is 2.69. The van der Waals surface area contributed by atoms with E-state index in [1.165, 1.54) is 6.92 Å². The fraction of sp³-hybridized carbons (Fsp3) is 0.667. The first-order valence-electron chi connectivity index (χ1n) is 9.98. The molecule has 0 saturated heterocycles. The summed E-state index contributed by atoms with van der Waals surface area (Å²) in [6, 6.07) is -5.11. The van der Waals surface area contributed by atoms with Gasteiger partial charge in [-0.05, 0) is 39.2 Å². The van der Waals surface area contributed by atoms with E-state index in [1.54, 1.807) is 0 Å². The molecule has 0 aromatic carbocycles. The molecule has 14 heteroatoms. The lowest BCUT2D eigenvalue weighted by molar-refractivity contribution is -0.142. The number of carboxylic acid groups (broad SMARTS) is 2. The average molecular weight is 460 g/mol. The molecule has 0 aromatic heterocycles. The van der Waals surface area contributed by atoms with Gasteiger partial charge in [-0.1, -0.05) is 0 Å². The lowest BCUT2D eigenvalue weighted by atomic mass is 10.1. The highest BCUT2D eigenvalue weighted by atomic mass is 16.4. The van der Waals surface area contributed by atoms with Crippen LogP contribution >= 0.6 is 0 Å². The molecule has 0 fully saturated rings. The summed E-state index contributed by atoms with van der Waals surface area (Å²) in [5.41, 5.74) is 16.2. The van der Waals surface area contributed by atoms with Crippen molar-refractivity contribution < 1.29 is 39.0 Å². The van der Waals surface area contributed by atoms with Crippen molar-refractivity contribution in [3.63, 3.8) is 0 Å². The van der Waals surface area contributed by atoms with E-state index in [0.717, 1.165) is 0 Å². The zero-order chi connectivity index (χ0) is 24.8.